The second-order valence-corrected chi connectivity index (χ2v) is 5.23. The van der Waals surface area contributed by atoms with Crippen LogP contribution in [0, 0.1) is 0 Å². The monoisotopic (exact) mass is 345 g/mol. The maximum Gasteiger partial charge on any atom is 0.307 e. The minimum atomic E-state index is -0.477. The van der Waals surface area contributed by atoms with Crippen molar-refractivity contribution in [3.8, 4) is 5.75 Å². The highest BCUT2D eigenvalue weighted by atomic mass is 16.5. The van der Waals surface area contributed by atoms with Gasteiger partial charge in [-0.25, -0.2) is 0 Å². The third-order valence-corrected chi connectivity index (χ3v) is 3.44. The molecule has 0 aliphatic carbocycles. The molecule has 0 aliphatic rings. The summed E-state index contributed by atoms with van der Waals surface area (Å²) < 4.78 is 15.3. The zero-order valence-corrected chi connectivity index (χ0v) is 14.0. The number of ether oxygens (including phenoxy) is 2. The van der Waals surface area contributed by atoms with Crippen molar-refractivity contribution in [3.63, 3.8) is 0 Å². The first-order valence-corrected chi connectivity index (χ1v) is 7.66. The van der Waals surface area contributed by atoms with Crippen molar-refractivity contribution in [2.24, 2.45) is 0 Å². The van der Waals surface area contributed by atoms with Gasteiger partial charge in [0.15, 0.2) is 11.5 Å². The molecule has 0 bridgehead atoms. The molecular formula is C18H19NO6. The predicted molar refractivity (Wildman–Crippen MR) is 88.5 cm³/mol. The molecule has 0 radical (unpaired) electrons. The van der Waals surface area contributed by atoms with E-state index < -0.39 is 11.9 Å². The molecule has 0 saturated heterocycles. The van der Waals surface area contributed by atoms with E-state index in [-0.39, 0.29) is 31.1 Å². The van der Waals surface area contributed by atoms with Crippen LogP contribution in [0.3, 0.4) is 0 Å². The molecule has 0 aliphatic heterocycles. The Morgan fingerprint density at radius 1 is 1.20 bits per heavy atom. The molecule has 1 aromatic heterocycles. The number of furan rings is 1. The smallest absolute Gasteiger partial charge is 0.307 e. The highest BCUT2D eigenvalue weighted by Crippen LogP contribution is 2.21. The fraction of sp³-hybridized carbons (Fsp3) is 0.278. The van der Waals surface area contributed by atoms with Crippen molar-refractivity contribution in [3.05, 3.63) is 53.5 Å². The van der Waals surface area contributed by atoms with Crippen LogP contribution in [0.2, 0.25) is 0 Å². The van der Waals surface area contributed by atoms with Crippen LogP contribution < -0.4 is 10.1 Å². The lowest BCUT2D eigenvalue weighted by molar-refractivity contribution is -0.144. The molecule has 0 spiro atoms. The van der Waals surface area contributed by atoms with Crippen molar-refractivity contribution >= 4 is 17.7 Å². The molecule has 0 unspecified atom stereocenters. The third kappa shape index (κ3) is 5.20. The van der Waals surface area contributed by atoms with Gasteiger partial charge in [-0.15, -0.1) is 0 Å². The second-order valence-electron chi connectivity index (χ2n) is 5.23. The molecule has 0 fully saturated rings. The third-order valence-electron chi connectivity index (χ3n) is 3.44. The molecule has 1 aromatic carbocycles. The lowest BCUT2D eigenvalue weighted by atomic mass is 10.1. The number of Topliss-reactive ketones (excluding diaryl/α,β-unsaturated/α-hetero) is 1. The zero-order chi connectivity index (χ0) is 18.2. The molecular weight excluding hydrogens is 326 g/mol. The summed E-state index contributed by atoms with van der Waals surface area (Å²) in [5, 5.41) is 2.56. The Morgan fingerprint density at radius 3 is 2.64 bits per heavy atom. The summed E-state index contributed by atoms with van der Waals surface area (Å²) in [5.41, 5.74) is 1.11. The lowest BCUT2D eigenvalue weighted by Gasteiger charge is -2.11. The summed E-state index contributed by atoms with van der Waals surface area (Å²) in [4.78, 5) is 34.9. The normalized spacial score (nSPS) is 10.2. The maximum atomic E-state index is 11.8. The number of carbonyl (C=O) groups is 3. The number of esters is 1. The second kappa shape index (κ2) is 8.68. The fourth-order valence-electron chi connectivity index (χ4n) is 2.11. The van der Waals surface area contributed by atoms with Gasteiger partial charge in [0.25, 0.3) is 5.91 Å². The van der Waals surface area contributed by atoms with Gasteiger partial charge in [-0.05, 0) is 37.3 Å². The van der Waals surface area contributed by atoms with E-state index >= 15 is 0 Å². The lowest BCUT2D eigenvalue weighted by Crippen LogP contribution is -2.26. The van der Waals surface area contributed by atoms with E-state index in [1.54, 1.807) is 24.3 Å². The molecule has 25 heavy (non-hydrogen) atoms. The number of ketones is 1. The van der Waals surface area contributed by atoms with Crippen LogP contribution in [0.5, 0.6) is 5.75 Å². The van der Waals surface area contributed by atoms with Crippen molar-refractivity contribution in [2.75, 3.05) is 13.7 Å². The average Bonchev–Trinajstić information content (AvgIpc) is 3.14. The number of amides is 1. The van der Waals surface area contributed by atoms with Crippen molar-refractivity contribution < 1.29 is 28.3 Å². The molecule has 1 N–H and O–H groups in total. The SMILES string of the molecule is COc1ccc(C(C)=O)cc1COC(=O)CCNC(=O)c1ccco1. The molecule has 0 atom stereocenters. The molecule has 2 aromatic rings. The minimum absolute atomic E-state index is 0.0150. The van der Waals surface area contributed by atoms with E-state index in [2.05, 4.69) is 5.32 Å². The highest BCUT2D eigenvalue weighted by molar-refractivity contribution is 5.94. The first-order chi connectivity index (χ1) is 12.0. The Balaban J connectivity index is 1.82. The van der Waals surface area contributed by atoms with Crippen LogP contribution in [0.4, 0.5) is 0 Å². The molecule has 0 saturated carbocycles. The Morgan fingerprint density at radius 2 is 2.00 bits per heavy atom. The molecule has 1 amide bonds. The number of hydrogen-bond acceptors (Lipinski definition) is 6. The van der Waals surface area contributed by atoms with E-state index in [4.69, 9.17) is 13.9 Å². The summed E-state index contributed by atoms with van der Waals surface area (Å²) in [6.45, 7) is 1.57. The topological polar surface area (TPSA) is 94.8 Å². The van der Waals surface area contributed by atoms with Gasteiger partial charge in [-0.1, -0.05) is 0 Å². The van der Waals surface area contributed by atoms with Gasteiger partial charge < -0.3 is 19.2 Å². The number of carbonyl (C=O) groups excluding carboxylic acids is 3. The van der Waals surface area contributed by atoms with Gasteiger partial charge in [0.05, 0.1) is 19.8 Å². The van der Waals surface area contributed by atoms with E-state index in [0.717, 1.165) is 0 Å². The van der Waals surface area contributed by atoms with Crippen LogP contribution in [0.15, 0.2) is 41.0 Å². The van der Waals surface area contributed by atoms with Gasteiger partial charge >= 0.3 is 5.97 Å². The van der Waals surface area contributed by atoms with Crippen molar-refractivity contribution in [2.45, 2.75) is 20.0 Å². The quantitative estimate of drug-likeness (QED) is 0.583. The summed E-state index contributed by atoms with van der Waals surface area (Å²) in [7, 11) is 1.50. The van der Waals surface area contributed by atoms with Crippen LogP contribution in [-0.4, -0.2) is 31.3 Å². The number of nitrogens with one attached hydrogen (secondary N) is 1. The Labute approximate surface area is 144 Å². The molecule has 2 rings (SSSR count). The van der Waals surface area contributed by atoms with Gasteiger partial charge in [0.2, 0.25) is 0 Å². The van der Waals surface area contributed by atoms with Crippen LogP contribution in [0.1, 0.15) is 39.8 Å². The number of rotatable bonds is 8. The highest BCUT2D eigenvalue weighted by Gasteiger charge is 2.12. The van der Waals surface area contributed by atoms with Crippen molar-refractivity contribution in [1.29, 1.82) is 0 Å². The number of benzene rings is 1. The Bertz CT molecular complexity index is 751. The molecule has 1 heterocycles. The molecule has 7 heteroatoms. The average molecular weight is 345 g/mol. The first-order valence-electron chi connectivity index (χ1n) is 7.66. The van der Waals surface area contributed by atoms with Crippen LogP contribution >= 0.6 is 0 Å². The van der Waals surface area contributed by atoms with Crippen LogP contribution in [0.25, 0.3) is 0 Å². The maximum absolute atomic E-state index is 11.8. The minimum Gasteiger partial charge on any atom is -0.496 e. The molecule has 132 valence electrons. The van der Waals surface area contributed by atoms with Gasteiger partial charge in [-0.2, -0.15) is 0 Å². The van der Waals surface area contributed by atoms with E-state index in [1.807, 2.05) is 0 Å². The number of hydrogen-bond donors (Lipinski definition) is 1. The summed E-state index contributed by atoms with van der Waals surface area (Å²) in [6.07, 6.45) is 1.41. The van der Waals surface area contributed by atoms with E-state index in [0.29, 0.717) is 16.9 Å². The predicted octanol–water partition coefficient (Wildman–Crippen LogP) is 2.35. The van der Waals surface area contributed by atoms with Gasteiger partial charge in [0.1, 0.15) is 12.4 Å². The van der Waals surface area contributed by atoms with Gasteiger partial charge in [0, 0.05) is 17.7 Å². The van der Waals surface area contributed by atoms with Crippen molar-refractivity contribution in [1.82, 2.24) is 5.32 Å². The fourth-order valence-corrected chi connectivity index (χ4v) is 2.11. The van der Waals surface area contributed by atoms with E-state index in [1.165, 1.54) is 26.4 Å². The summed E-state index contributed by atoms with van der Waals surface area (Å²) >= 11 is 0. The zero-order valence-electron chi connectivity index (χ0n) is 14.0. The Kier molecular flexibility index (Phi) is 6.33. The largest absolute Gasteiger partial charge is 0.496 e. The first kappa shape index (κ1) is 18.3. The Hall–Kier alpha value is -3.09. The van der Waals surface area contributed by atoms with Crippen LogP contribution in [-0.2, 0) is 16.1 Å². The molecule has 7 nitrogen and oxygen atoms in total. The summed E-state index contributed by atoms with van der Waals surface area (Å²) in [5.74, 6) is -0.248. The standard InChI is InChI=1S/C18H19NO6/c1-12(20)13-5-6-15(23-2)14(10-13)11-25-17(21)7-8-19-18(22)16-4-3-9-24-16/h3-6,9-10H,7-8,11H2,1-2H3,(H,19,22). The summed E-state index contributed by atoms with van der Waals surface area (Å²) in [6, 6.07) is 8.07. The van der Waals surface area contributed by atoms with Gasteiger partial charge in [-0.3, -0.25) is 14.4 Å². The van der Waals surface area contributed by atoms with E-state index in [9.17, 15) is 14.4 Å². The number of methoxy groups -OCH3 is 1.